The zero-order valence-electron chi connectivity index (χ0n) is 16.2. The van der Waals surface area contributed by atoms with E-state index in [0.29, 0.717) is 13.2 Å². The van der Waals surface area contributed by atoms with E-state index in [1.807, 2.05) is 13.1 Å². The molecule has 1 aromatic rings. The Morgan fingerprint density at radius 1 is 1.19 bits per heavy atom. The molecule has 0 saturated carbocycles. The van der Waals surface area contributed by atoms with Crippen LogP contribution in [-0.4, -0.2) is 50.3 Å². The Bertz CT molecular complexity index is 518. The molecule has 1 saturated heterocycles. The van der Waals surface area contributed by atoms with E-state index in [9.17, 15) is 0 Å². The van der Waals surface area contributed by atoms with E-state index in [2.05, 4.69) is 44.6 Å². The second kappa shape index (κ2) is 14.0. The summed E-state index contributed by atoms with van der Waals surface area (Å²) in [7, 11) is 0. The Hall–Kier alpha value is -1.09. The van der Waals surface area contributed by atoms with Gasteiger partial charge in [-0.2, -0.15) is 0 Å². The van der Waals surface area contributed by atoms with Gasteiger partial charge in [0.25, 0.3) is 0 Å². The lowest BCUT2D eigenvalue weighted by atomic mass is 10.2. The van der Waals surface area contributed by atoms with Gasteiger partial charge in [0.2, 0.25) is 0 Å². The number of anilines is 1. The lowest BCUT2D eigenvalue weighted by Crippen LogP contribution is -2.39. The van der Waals surface area contributed by atoms with Crippen molar-refractivity contribution in [2.75, 3.05) is 44.3 Å². The molecule has 7 heteroatoms. The molecule has 0 bridgehead atoms. The highest BCUT2D eigenvalue weighted by molar-refractivity contribution is 14.0. The zero-order valence-corrected chi connectivity index (χ0v) is 18.5. The van der Waals surface area contributed by atoms with Crippen molar-refractivity contribution in [3.8, 4) is 0 Å². The number of halogens is 1. The minimum absolute atomic E-state index is 0. The first-order valence-corrected chi connectivity index (χ1v) is 9.63. The second-order valence-electron chi connectivity index (χ2n) is 6.24. The molecule has 0 spiro atoms. The average molecular weight is 475 g/mol. The topological polar surface area (TPSA) is 61.8 Å². The molecular weight excluding hydrogens is 441 g/mol. The van der Waals surface area contributed by atoms with Crippen LogP contribution in [0, 0.1) is 0 Å². The Balaban J connectivity index is 0.00000338. The van der Waals surface area contributed by atoms with Crippen molar-refractivity contribution >= 4 is 35.8 Å². The van der Waals surface area contributed by atoms with Gasteiger partial charge in [0.1, 0.15) is 5.82 Å². The third-order valence-corrected chi connectivity index (χ3v) is 4.25. The quantitative estimate of drug-likeness (QED) is 0.262. The minimum atomic E-state index is 0. The summed E-state index contributed by atoms with van der Waals surface area (Å²) in [6, 6.07) is 4.23. The molecule has 148 valence electrons. The van der Waals surface area contributed by atoms with Crippen molar-refractivity contribution in [2.45, 2.75) is 46.1 Å². The summed E-state index contributed by atoms with van der Waals surface area (Å²) in [5.74, 6) is 1.92. The first-order chi connectivity index (χ1) is 12.3. The molecule has 26 heavy (non-hydrogen) atoms. The molecular formula is C19H34IN5O. The fourth-order valence-corrected chi connectivity index (χ4v) is 2.93. The summed E-state index contributed by atoms with van der Waals surface area (Å²) in [5, 5.41) is 6.57. The van der Waals surface area contributed by atoms with Crippen molar-refractivity contribution in [1.29, 1.82) is 0 Å². The van der Waals surface area contributed by atoms with Crippen molar-refractivity contribution in [3.05, 3.63) is 23.9 Å². The van der Waals surface area contributed by atoms with Crippen LogP contribution in [0.1, 0.15) is 45.1 Å². The number of aliphatic imine (C=N–C) groups is 1. The van der Waals surface area contributed by atoms with Gasteiger partial charge >= 0.3 is 0 Å². The van der Waals surface area contributed by atoms with Crippen molar-refractivity contribution in [3.63, 3.8) is 0 Å². The molecule has 0 atom stereocenters. The van der Waals surface area contributed by atoms with Crippen LogP contribution in [0.2, 0.25) is 0 Å². The number of nitrogens with zero attached hydrogens (tertiary/aromatic N) is 3. The van der Waals surface area contributed by atoms with E-state index in [1.54, 1.807) is 0 Å². The lowest BCUT2D eigenvalue weighted by Gasteiger charge is -2.21. The predicted octanol–water partition coefficient (Wildman–Crippen LogP) is 3.17. The molecule has 2 rings (SSSR count). The SMILES string of the molecule is CCNC(=NCc1ccnc(N2CCCCCC2)c1)NCCOCC.I. The first kappa shape index (κ1) is 23.0. The van der Waals surface area contributed by atoms with E-state index >= 15 is 0 Å². The number of hydrogen-bond acceptors (Lipinski definition) is 4. The lowest BCUT2D eigenvalue weighted by molar-refractivity contribution is 0.152. The Kier molecular flexibility index (Phi) is 12.4. The number of ether oxygens (including phenoxy) is 1. The first-order valence-electron chi connectivity index (χ1n) is 9.63. The monoisotopic (exact) mass is 475 g/mol. The fourth-order valence-electron chi connectivity index (χ4n) is 2.93. The maximum Gasteiger partial charge on any atom is 0.191 e. The number of rotatable bonds is 8. The van der Waals surface area contributed by atoms with Crippen LogP contribution in [-0.2, 0) is 11.3 Å². The molecule has 0 unspecified atom stereocenters. The van der Waals surface area contributed by atoms with Crippen molar-refractivity contribution in [2.24, 2.45) is 4.99 Å². The summed E-state index contributed by atoms with van der Waals surface area (Å²) in [6.07, 6.45) is 7.09. The second-order valence-corrected chi connectivity index (χ2v) is 6.24. The molecule has 2 heterocycles. The van der Waals surface area contributed by atoms with E-state index in [4.69, 9.17) is 4.74 Å². The maximum absolute atomic E-state index is 5.36. The third kappa shape index (κ3) is 8.53. The summed E-state index contributed by atoms with van der Waals surface area (Å²) in [5.41, 5.74) is 1.19. The maximum atomic E-state index is 5.36. The van der Waals surface area contributed by atoms with Gasteiger partial charge in [0.15, 0.2) is 5.96 Å². The van der Waals surface area contributed by atoms with Gasteiger partial charge in [-0.3, -0.25) is 0 Å². The predicted molar refractivity (Wildman–Crippen MR) is 120 cm³/mol. The van der Waals surface area contributed by atoms with E-state index in [0.717, 1.165) is 44.6 Å². The van der Waals surface area contributed by atoms with Gasteiger partial charge < -0.3 is 20.3 Å². The van der Waals surface area contributed by atoms with Crippen LogP contribution in [0.3, 0.4) is 0 Å². The molecule has 1 fully saturated rings. The molecule has 1 aliphatic rings. The molecule has 0 amide bonds. The highest BCUT2D eigenvalue weighted by Gasteiger charge is 2.11. The van der Waals surface area contributed by atoms with E-state index in [-0.39, 0.29) is 24.0 Å². The zero-order chi connectivity index (χ0) is 17.7. The van der Waals surface area contributed by atoms with Gasteiger partial charge in [-0.05, 0) is 44.4 Å². The van der Waals surface area contributed by atoms with Crippen LogP contribution in [0.15, 0.2) is 23.3 Å². The number of nitrogens with one attached hydrogen (secondary N) is 2. The Labute approximate surface area is 175 Å². The van der Waals surface area contributed by atoms with Crippen LogP contribution >= 0.6 is 24.0 Å². The van der Waals surface area contributed by atoms with Gasteiger partial charge in [0, 0.05) is 39.0 Å². The average Bonchev–Trinajstić information content (AvgIpc) is 2.93. The highest BCUT2D eigenvalue weighted by atomic mass is 127. The van der Waals surface area contributed by atoms with Crippen LogP contribution in [0.25, 0.3) is 0 Å². The molecule has 6 nitrogen and oxygen atoms in total. The molecule has 1 aromatic heterocycles. The molecule has 1 aliphatic heterocycles. The largest absolute Gasteiger partial charge is 0.380 e. The minimum Gasteiger partial charge on any atom is -0.380 e. The van der Waals surface area contributed by atoms with Gasteiger partial charge in [0.05, 0.1) is 13.2 Å². The molecule has 0 radical (unpaired) electrons. The smallest absolute Gasteiger partial charge is 0.191 e. The Morgan fingerprint density at radius 2 is 1.96 bits per heavy atom. The summed E-state index contributed by atoms with van der Waals surface area (Å²) < 4.78 is 5.36. The normalized spacial score (nSPS) is 15.2. The van der Waals surface area contributed by atoms with Gasteiger partial charge in [-0.1, -0.05) is 12.8 Å². The summed E-state index contributed by atoms with van der Waals surface area (Å²) >= 11 is 0. The number of aromatic nitrogens is 1. The van der Waals surface area contributed by atoms with E-state index in [1.165, 1.54) is 31.2 Å². The van der Waals surface area contributed by atoms with Gasteiger partial charge in [-0.15, -0.1) is 24.0 Å². The molecule has 0 aliphatic carbocycles. The Morgan fingerprint density at radius 3 is 2.65 bits per heavy atom. The number of guanidine groups is 1. The molecule has 0 aromatic carbocycles. The van der Waals surface area contributed by atoms with Crippen LogP contribution in [0.5, 0.6) is 0 Å². The van der Waals surface area contributed by atoms with E-state index < -0.39 is 0 Å². The third-order valence-electron chi connectivity index (χ3n) is 4.25. The fraction of sp³-hybridized carbons (Fsp3) is 0.684. The van der Waals surface area contributed by atoms with Crippen molar-refractivity contribution < 1.29 is 4.74 Å². The van der Waals surface area contributed by atoms with Crippen LogP contribution in [0.4, 0.5) is 5.82 Å². The van der Waals surface area contributed by atoms with Crippen molar-refractivity contribution in [1.82, 2.24) is 15.6 Å². The highest BCUT2D eigenvalue weighted by Crippen LogP contribution is 2.18. The summed E-state index contributed by atoms with van der Waals surface area (Å²) in [4.78, 5) is 11.7. The number of hydrogen-bond donors (Lipinski definition) is 2. The summed E-state index contributed by atoms with van der Waals surface area (Å²) in [6.45, 7) is 9.98. The molecule has 2 N–H and O–H groups in total. The van der Waals surface area contributed by atoms with Crippen LogP contribution < -0.4 is 15.5 Å². The van der Waals surface area contributed by atoms with Gasteiger partial charge in [-0.25, -0.2) is 9.98 Å². The standard InChI is InChI=1S/C19H33N5O.HI/c1-3-20-19(22-11-14-25-4-2)23-16-17-9-10-21-18(15-17)24-12-7-5-6-8-13-24;/h9-10,15H,3-8,11-14,16H2,1-2H3,(H2,20,22,23);1H. The number of pyridine rings is 1.